The molecule has 4 aromatic rings. The highest BCUT2D eigenvalue weighted by atomic mass is 32.2. The van der Waals surface area contributed by atoms with Gasteiger partial charge in [-0.3, -0.25) is 14.0 Å². The Balaban J connectivity index is 1.60. The van der Waals surface area contributed by atoms with Crippen molar-refractivity contribution in [2.45, 2.75) is 64.1 Å². The largest absolute Gasteiger partial charge is 0.458 e. The Kier molecular flexibility index (Phi) is 5.75. The minimum absolute atomic E-state index is 0.0185. The molecule has 0 radical (unpaired) electrons. The molecular formula is C24H28N6O5S. The number of nitrogens with zero attached hydrogens (tertiary/aromatic N) is 5. The van der Waals surface area contributed by atoms with Gasteiger partial charge in [0.1, 0.15) is 12.4 Å². The van der Waals surface area contributed by atoms with Crippen molar-refractivity contribution < 1.29 is 17.7 Å². The highest BCUT2D eigenvalue weighted by Gasteiger charge is 2.41. The van der Waals surface area contributed by atoms with Crippen molar-refractivity contribution in [3.63, 3.8) is 0 Å². The van der Waals surface area contributed by atoms with Gasteiger partial charge in [-0.1, -0.05) is 5.16 Å². The van der Waals surface area contributed by atoms with E-state index in [9.17, 15) is 13.2 Å². The third-order valence-electron chi connectivity index (χ3n) is 6.53. The molecule has 1 aromatic carbocycles. The Morgan fingerprint density at radius 1 is 1.19 bits per heavy atom. The first-order chi connectivity index (χ1) is 17.0. The van der Waals surface area contributed by atoms with E-state index in [1.807, 2.05) is 27.0 Å². The lowest BCUT2D eigenvalue weighted by molar-refractivity contribution is 0.255. The predicted molar refractivity (Wildman–Crippen MR) is 131 cm³/mol. The highest BCUT2D eigenvalue weighted by Crippen LogP contribution is 2.36. The molecule has 3 heterocycles. The summed E-state index contributed by atoms with van der Waals surface area (Å²) in [6.45, 7) is 7.55. The van der Waals surface area contributed by atoms with Crippen LogP contribution in [0.25, 0.3) is 10.9 Å². The first kappa shape index (κ1) is 24.2. The van der Waals surface area contributed by atoms with Crippen molar-refractivity contribution in [3.05, 3.63) is 63.0 Å². The van der Waals surface area contributed by atoms with E-state index >= 15 is 0 Å². The molecule has 0 aliphatic heterocycles. The molecule has 1 fully saturated rings. The van der Waals surface area contributed by atoms with Gasteiger partial charge in [0.05, 0.1) is 39.4 Å². The molecule has 11 nitrogen and oxygen atoms in total. The maximum absolute atomic E-state index is 13.7. The molecule has 0 saturated heterocycles. The SMILES string of the molecule is Cc1cc(COc2nc3ccc(S(=O)(=O)NC4(C)CC4)cc3c(=O)n2Cc2c(C)noc2C)n(C)n1. The minimum Gasteiger partial charge on any atom is -0.458 e. The lowest BCUT2D eigenvalue weighted by Gasteiger charge is -2.15. The van der Waals surface area contributed by atoms with Crippen molar-refractivity contribution in [2.75, 3.05) is 0 Å². The van der Waals surface area contributed by atoms with E-state index in [0.717, 1.165) is 29.8 Å². The molecule has 1 N–H and O–H groups in total. The molecular weight excluding hydrogens is 484 g/mol. The van der Waals surface area contributed by atoms with E-state index in [0.29, 0.717) is 17.0 Å². The lowest BCUT2D eigenvalue weighted by atomic mass is 10.2. The zero-order chi connectivity index (χ0) is 25.8. The normalized spacial score (nSPS) is 14.9. The fraction of sp³-hybridized carbons (Fsp3) is 0.417. The summed E-state index contributed by atoms with van der Waals surface area (Å²) in [4.78, 5) is 18.3. The number of fused-ring (bicyclic) bond motifs is 1. The maximum atomic E-state index is 13.7. The molecule has 0 bridgehead atoms. The summed E-state index contributed by atoms with van der Waals surface area (Å²) in [5.74, 6) is 0.575. The zero-order valence-electron chi connectivity index (χ0n) is 20.8. The Morgan fingerprint density at radius 2 is 1.94 bits per heavy atom. The summed E-state index contributed by atoms with van der Waals surface area (Å²) in [5, 5.41) is 8.48. The third kappa shape index (κ3) is 4.53. The molecule has 1 aliphatic carbocycles. The first-order valence-corrected chi connectivity index (χ1v) is 13.1. The number of sulfonamides is 1. The number of hydrogen-bond donors (Lipinski definition) is 1. The first-order valence-electron chi connectivity index (χ1n) is 11.6. The van der Waals surface area contributed by atoms with Gasteiger partial charge in [0.2, 0.25) is 10.0 Å². The molecule has 0 unspecified atom stereocenters. The van der Waals surface area contributed by atoms with Crippen molar-refractivity contribution in [2.24, 2.45) is 7.05 Å². The summed E-state index contributed by atoms with van der Waals surface area (Å²) in [7, 11) is -1.98. The van der Waals surface area contributed by atoms with Crippen LogP contribution in [-0.4, -0.2) is 38.4 Å². The molecule has 3 aromatic heterocycles. The van der Waals surface area contributed by atoms with Crippen LogP contribution in [0.1, 0.15) is 48.2 Å². The van der Waals surface area contributed by atoms with E-state index < -0.39 is 21.1 Å². The number of benzene rings is 1. The van der Waals surface area contributed by atoms with Crippen LogP contribution in [0.2, 0.25) is 0 Å². The van der Waals surface area contributed by atoms with Crippen molar-refractivity contribution in [1.82, 2.24) is 29.2 Å². The fourth-order valence-corrected chi connectivity index (χ4v) is 5.58. The summed E-state index contributed by atoms with van der Waals surface area (Å²) >= 11 is 0. The topological polar surface area (TPSA) is 134 Å². The Bertz CT molecular complexity index is 1630. The number of rotatable bonds is 8. The van der Waals surface area contributed by atoms with Crippen LogP contribution in [0.15, 0.2) is 38.5 Å². The van der Waals surface area contributed by atoms with E-state index in [-0.39, 0.29) is 29.4 Å². The number of aromatic nitrogens is 5. The van der Waals surface area contributed by atoms with Gasteiger partial charge in [0, 0.05) is 18.2 Å². The molecule has 0 atom stereocenters. The molecule has 5 rings (SSSR count). The van der Waals surface area contributed by atoms with Gasteiger partial charge in [0.25, 0.3) is 11.6 Å². The van der Waals surface area contributed by atoms with Crippen molar-refractivity contribution in [1.29, 1.82) is 0 Å². The van der Waals surface area contributed by atoms with Crippen LogP contribution in [0.4, 0.5) is 0 Å². The van der Waals surface area contributed by atoms with Gasteiger partial charge >= 0.3 is 0 Å². The standard InChI is InChI=1S/C24H28N6O5S/c1-14-10-17(29(5)26-14)13-34-23-25-21-7-6-18(36(32,33)28-24(4)8-9-24)11-19(21)22(31)30(23)12-20-15(2)27-35-16(20)3/h6-7,10-11,28H,8-9,12-13H2,1-5H3. The van der Waals surface area contributed by atoms with E-state index in [4.69, 9.17) is 9.26 Å². The van der Waals surface area contributed by atoms with Crippen LogP contribution in [0.3, 0.4) is 0 Å². The summed E-state index contributed by atoms with van der Waals surface area (Å²) in [6.07, 6.45) is 1.56. The lowest BCUT2D eigenvalue weighted by Crippen LogP contribution is -2.34. The minimum atomic E-state index is -3.79. The van der Waals surface area contributed by atoms with Gasteiger partial charge in [-0.25, -0.2) is 13.1 Å². The molecule has 36 heavy (non-hydrogen) atoms. The smallest absolute Gasteiger partial charge is 0.300 e. The van der Waals surface area contributed by atoms with Crippen LogP contribution in [0.5, 0.6) is 6.01 Å². The summed E-state index contributed by atoms with van der Waals surface area (Å²) < 4.78 is 43.0. The zero-order valence-corrected chi connectivity index (χ0v) is 21.6. The summed E-state index contributed by atoms with van der Waals surface area (Å²) in [5.41, 5.74) is 2.51. The number of hydrogen-bond acceptors (Lipinski definition) is 8. The molecule has 0 spiro atoms. The number of nitrogens with one attached hydrogen (secondary N) is 1. The van der Waals surface area contributed by atoms with Gasteiger partial charge < -0.3 is 9.26 Å². The molecule has 0 amide bonds. The Hall–Kier alpha value is -3.51. The maximum Gasteiger partial charge on any atom is 0.300 e. The second-order valence-corrected chi connectivity index (χ2v) is 11.3. The second-order valence-electron chi connectivity index (χ2n) is 9.62. The van der Waals surface area contributed by atoms with E-state index in [1.54, 1.807) is 18.5 Å². The van der Waals surface area contributed by atoms with Gasteiger partial charge in [-0.15, -0.1) is 0 Å². The van der Waals surface area contributed by atoms with Crippen LogP contribution < -0.4 is 15.0 Å². The van der Waals surface area contributed by atoms with Crippen LogP contribution in [0, 0.1) is 20.8 Å². The third-order valence-corrected chi connectivity index (χ3v) is 8.16. The summed E-state index contributed by atoms with van der Waals surface area (Å²) in [6, 6.07) is 6.35. The number of aryl methyl sites for hydroxylation is 4. The average Bonchev–Trinajstić information content (AvgIpc) is 3.31. The fourth-order valence-electron chi connectivity index (χ4n) is 4.09. The quantitative estimate of drug-likeness (QED) is 0.381. The van der Waals surface area contributed by atoms with Crippen LogP contribution in [-0.2, 0) is 30.2 Å². The second kappa shape index (κ2) is 8.56. The van der Waals surface area contributed by atoms with Crippen LogP contribution >= 0.6 is 0 Å². The molecule has 12 heteroatoms. The van der Waals surface area contributed by atoms with Gasteiger partial charge in [-0.2, -0.15) is 10.1 Å². The van der Waals surface area contributed by atoms with Gasteiger partial charge in [0.15, 0.2) is 0 Å². The monoisotopic (exact) mass is 512 g/mol. The predicted octanol–water partition coefficient (Wildman–Crippen LogP) is 2.50. The molecule has 1 aliphatic rings. The van der Waals surface area contributed by atoms with Crippen molar-refractivity contribution >= 4 is 20.9 Å². The highest BCUT2D eigenvalue weighted by molar-refractivity contribution is 7.89. The van der Waals surface area contributed by atoms with Crippen molar-refractivity contribution in [3.8, 4) is 6.01 Å². The number of ether oxygens (including phenoxy) is 1. The molecule has 190 valence electrons. The Morgan fingerprint density at radius 3 is 2.56 bits per heavy atom. The van der Waals surface area contributed by atoms with E-state index in [2.05, 4.69) is 20.0 Å². The van der Waals surface area contributed by atoms with Gasteiger partial charge in [-0.05, 0) is 64.8 Å². The Labute approximate surface area is 208 Å². The van der Waals surface area contributed by atoms with E-state index in [1.165, 1.54) is 22.8 Å². The molecule has 1 saturated carbocycles. The average molecular weight is 513 g/mol.